The van der Waals surface area contributed by atoms with Crippen molar-refractivity contribution in [2.45, 2.75) is 0 Å². The van der Waals surface area contributed by atoms with Crippen LogP contribution >= 0.6 is 24.2 Å². The molecule has 0 spiro atoms. The van der Waals surface area contributed by atoms with Gasteiger partial charge < -0.3 is 0 Å². The zero-order valence-corrected chi connectivity index (χ0v) is 11.5. The van der Waals surface area contributed by atoms with Crippen LogP contribution in [0, 0.1) is 0 Å². The summed E-state index contributed by atoms with van der Waals surface area (Å²) >= 11 is 3.50. The van der Waals surface area contributed by atoms with E-state index in [1.807, 2.05) is 0 Å². The van der Waals surface area contributed by atoms with Gasteiger partial charge in [-0.1, -0.05) is 28.1 Å². The highest BCUT2D eigenvalue weighted by atomic mass is 79.9. The van der Waals surface area contributed by atoms with Gasteiger partial charge in [0.25, 0.3) is 0 Å². The van der Waals surface area contributed by atoms with Crippen LogP contribution in [0.4, 0.5) is 0 Å². The molecular weight excluding hydrogens is 259 g/mol. The minimum Gasteiger partial charge on any atom is -0.272 e. The summed E-state index contributed by atoms with van der Waals surface area (Å²) in [6.07, 6.45) is 0. The van der Waals surface area contributed by atoms with Crippen LogP contribution in [0.1, 0.15) is 0 Å². The highest BCUT2D eigenvalue weighted by Crippen LogP contribution is 2.38. The molecule has 0 N–H and O–H groups in total. The Morgan fingerprint density at radius 2 is 1.64 bits per heavy atom. The van der Waals surface area contributed by atoms with E-state index in [0.717, 1.165) is 4.47 Å². The molecule has 0 aliphatic rings. The largest absolute Gasteiger partial charge is 0.272 e. The predicted molar refractivity (Wildman–Crippen MR) is 68.1 cm³/mol. The van der Waals surface area contributed by atoms with E-state index >= 15 is 0 Å². The van der Waals surface area contributed by atoms with E-state index in [-0.39, 0.29) is 8.22 Å². The maximum absolute atomic E-state index is 3.50. The molecule has 4 heteroatoms. The smallest absolute Gasteiger partial charge is 0.0714 e. The lowest BCUT2D eigenvalue weighted by molar-refractivity contribution is 0.584. The van der Waals surface area contributed by atoms with Crippen molar-refractivity contribution in [1.82, 2.24) is 9.34 Å². The number of hydrogen-bond donors (Lipinski definition) is 0. The Hall–Kier alpha value is 0.0500. The molecule has 0 aliphatic heterocycles. The van der Waals surface area contributed by atoms with Gasteiger partial charge in [-0.2, -0.15) is 0 Å². The van der Waals surface area contributed by atoms with Crippen molar-refractivity contribution in [3.05, 3.63) is 28.7 Å². The molecule has 0 atom stereocenters. The summed E-state index contributed by atoms with van der Waals surface area (Å²) in [5, 5.41) is 1.37. The van der Waals surface area contributed by atoms with Crippen molar-refractivity contribution in [2.75, 3.05) is 28.2 Å². The molecule has 0 heterocycles. The average Bonchev–Trinajstić information content (AvgIpc) is 2.02. The summed E-state index contributed by atoms with van der Waals surface area (Å²) in [5.74, 6) is 0. The number of nitrogens with zero attached hydrogens (tertiary/aromatic N) is 2. The second-order valence-corrected chi connectivity index (χ2v) is 7.07. The Bertz CT molecular complexity index is 294. The molecular formula is C10H16BrN2P. The van der Waals surface area contributed by atoms with Crippen molar-refractivity contribution < 1.29 is 0 Å². The number of halogens is 1. The molecule has 1 rings (SSSR count). The highest BCUT2D eigenvalue weighted by Gasteiger charge is 2.16. The summed E-state index contributed by atoms with van der Waals surface area (Å²) in [6, 6.07) is 8.51. The van der Waals surface area contributed by atoms with Gasteiger partial charge in [0.1, 0.15) is 0 Å². The van der Waals surface area contributed by atoms with Crippen LogP contribution in [-0.4, -0.2) is 37.5 Å². The minimum absolute atomic E-state index is 0.353. The van der Waals surface area contributed by atoms with E-state index in [1.165, 1.54) is 5.30 Å². The molecule has 2 nitrogen and oxygen atoms in total. The second kappa shape index (κ2) is 5.22. The molecule has 0 saturated carbocycles. The third kappa shape index (κ3) is 3.03. The van der Waals surface area contributed by atoms with Crippen molar-refractivity contribution in [3.63, 3.8) is 0 Å². The van der Waals surface area contributed by atoms with Crippen LogP contribution in [0.3, 0.4) is 0 Å². The number of hydrogen-bond acceptors (Lipinski definition) is 2. The van der Waals surface area contributed by atoms with Crippen LogP contribution in [0.2, 0.25) is 0 Å². The summed E-state index contributed by atoms with van der Waals surface area (Å²) in [5.41, 5.74) is 0. The van der Waals surface area contributed by atoms with Crippen molar-refractivity contribution in [1.29, 1.82) is 0 Å². The molecule has 1 aromatic carbocycles. The zero-order valence-electron chi connectivity index (χ0n) is 9.03. The fraction of sp³-hybridized carbons (Fsp3) is 0.400. The molecule has 78 valence electrons. The van der Waals surface area contributed by atoms with Crippen LogP contribution in [0.15, 0.2) is 28.7 Å². The molecule has 0 radical (unpaired) electrons. The lowest BCUT2D eigenvalue weighted by Crippen LogP contribution is -2.24. The van der Waals surface area contributed by atoms with Crippen LogP contribution in [0.25, 0.3) is 0 Å². The first-order chi connectivity index (χ1) is 6.52. The third-order valence-electron chi connectivity index (χ3n) is 1.80. The number of rotatable bonds is 3. The number of benzene rings is 1. The first-order valence-corrected chi connectivity index (χ1v) is 6.46. The molecule has 0 amide bonds. The Morgan fingerprint density at radius 1 is 1.07 bits per heavy atom. The van der Waals surface area contributed by atoms with Gasteiger partial charge in [-0.25, -0.2) is 0 Å². The van der Waals surface area contributed by atoms with Gasteiger partial charge in [-0.15, -0.1) is 0 Å². The first kappa shape index (κ1) is 12.1. The predicted octanol–water partition coefficient (Wildman–Crippen LogP) is 2.51. The molecule has 0 bridgehead atoms. The van der Waals surface area contributed by atoms with Gasteiger partial charge in [0.15, 0.2) is 0 Å². The van der Waals surface area contributed by atoms with E-state index in [2.05, 4.69) is 77.7 Å². The van der Waals surface area contributed by atoms with Gasteiger partial charge in [-0.05, 0) is 40.3 Å². The monoisotopic (exact) mass is 274 g/mol. The van der Waals surface area contributed by atoms with E-state index in [9.17, 15) is 0 Å². The Balaban J connectivity index is 2.99. The minimum atomic E-state index is -0.353. The maximum Gasteiger partial charge on any atom is 0.0714 e. The molecule has 0 saturated heterocycles. The molecule has 0 fully saturated rings. The fourth-order valence-electron chi connectivity index (χ4n) is 1.42. The summed E-state index contributed by atoms with van der Waals surface area (Å²) in [4.78, 5) is 0. The van der Waals surface area contributed by atoms with Gasteiger partial charge in [0.2, 0.25) is 0 Å². The fourth-order valence-corrected chi connectivity index (χ4v) is 4.11. The van der Waals surface area contributed by atoms with Gasteiger partial charge >= 0.3 is 0 Å². The standard InChI is InChI=1S/C10H16BrN2P/c1-12(2)14(13(3)4)10-7-5-6-9(11)8-10/h5-8H,1-4H3. The first-order valence-electron chi connectivity index (χ1n) is 4.42. The van der Waals surface area contributed by atoms with Crippen molar-refractivity contribution in [2.24, 2.45) is 0 Å². The van der Waals surface area contributed by atoms with Gasteiger partial charge in [0, 0.05) is 9.78 Å². The second-order valence-electron chi connectivity index (χ2n) is 3.46. The highest BCUT2D eigenvalue weighted by molar-refractivity contribution is 9.10. The van der Waals surface area contributed by atoms with Crippen LogP contribution < -0.4 is 5.30 Å². The molecule has 14 heavy (non-hydrogen) atoms. The molecule has 1 aromatic rings. The lowest BCUT2D eigenvalue weighted by Gasteiger charge is -2.30. The molecule has 0 aliphatic carbocycles. The Kier molecular flexibility index (Phi) is 4.52. The normalized spacial score (nSPS) is 11.7. The summed E-state index contributed by atoms with van der Waals surface area (Å²) < 4.78 is 5.67. The van der Waals surface area contributed by atoms with Gasteiger partial charge in [0.05, 0.1) is 8.22 Å². The SMILES string of the molecule is CN(C)P(c1cccc(Br)c1)N(C)C. The van der Waals surface area contributed by atoms with Gasteiger partial charge in [-0.3, -0.25) is 9.34 Å². The topological polar surface area (TPSA) is 6.48 Å². The lowest BCUT2D eigenvalue weighted by atomic mass is 10.4. The summed E-state index contributed by atoms with van der Waals surface area (Å²) in [6.45, 7) is 0. The van der Waals surface area contributed by atoms with E-state index in [4.69, 9.17) is 0 Å². The molecule has 0 aromatic heterocycles. The van der Waals surface area contributed by atoms with Crippen LogP contribution in [0.5, 0.6) is 0 Å². The Morgan fingerprint density at radius 3 is 2.07 bits per heavy atom. The van der Waals surface area contributed by atoms with E-state index in [1.54, 1.807) is 0 Å². The Labute approximate surface area is 95.9 Å². The summed E-state index contributed by atoms with van der Waals surface area (Å²) in [7, 11) is 8.12. The van der Waals surface area contributed by atoms with Crippen molar-refractivity contribution >= 4 is 29.5 Å². The average molecular weight is 275 g/mol. The van der Waals surface area contributed by atoms with Crippen LogP contribution in [-0.2, 0) is 0 Å². The quantitative estimate of drug-likeness (QED) is 0.782. The zero-order chi connectivity index (χ0) is 10.7. The third-order valence-corrected chi connectivity index (χ3v) is 4.55. The maximum atomic E-state index is 3.50. The van der Waals surface area contributed by atoms with Crippen molar-refractivity contribution in [3.8, 4) is 0 Å². The molecule has 0 unspecified atom stereocenters. The van der Waals surface area contributed by atoms with E-state index < -0.39 is 0 Å². The van der Waals surface area contributed by atoms with E-state index in [0.29, 0.717) is 0 Å².